The smallest absolute Gasteiger partial charge is 0.0921 e. The van der Waals surface area contributed by atoms with Gasteiger partial charge in [-0.25, -0.2) is 4.98 Å². The minimum atomic E-state index is -0.0562. The van der Waals surface area contributed by atoms with Gasteiger partial charge in [0.25, 0.3) is 0 Å². The van der Waals surface area contributed by atoms with Crippen LogP contribution in [-0.4, -0.2) is 9.97 Å². The molecule has 2 nitrogen and oxygen atoms in total. The van der Waals surface area contributed by atoms with Crippen LogP contribution in [0.5, 0.6) is 0 Å². The maximum atomic E-state index is 4.21. The van der Waals surface area contributed by atoms with Crippen LogP contribution in [0, 0.1) is 5.41 Å². The molecule has 0 amide bonds. The lowest BCUT2D eigenvalue weighted by Gasteiger charge is -2.31. The van der Waals surface area contributed by atoms with Crippen molar-refractivity contribution in [2.45, 2.75) is 33.1 Å². The van der Waals surface area contributed by atoms with Gasteiger partial charge in [0, 0.05) is 17.8 Å². The molecule has 0 radical (unpaired) electrons. The second-order valence-corrected chi connectivity index (χ2v) is 6.50. The molecule has 0 bridgehead atoms. The van der Waals surface area contributed by atoms with Crippen LogP contribution in [0.25, 0.3) is 0 Å². The van der Waals surface area contributed by atoms with E-state index in [1.165, 1.54) is 11.1 Å². The van der Waals surface area contributed by atoms with Crippen molar-refractivity contribution >= 4 is 0 Å². The molecule has 0 aromatic carbocycles. The summed E-state index contributed by atoms with van der Waals surface area (Å²) in [6, 6.07) is 0. The average Bonchev–Trinajstić information content (AvgIpc) is 3.11. The predicted molar refractivity (Wildman–Crippen MR) is 110 cm³/mol. The molecule has 2 heteroatoms. The van der Waals surface area contributed by atoms with Crippen molar-refractivity contribution in [2.24, 2.45) is 5.41 Å². The predicted octanol–water partition coefficient (Wildman–Crippen LogP) is 6.45. The lowest BCUT2D eigenvalue weighted by Crippen LogP contribution is -2.19. The molecule has 0 saturated carbocycles. The van der Waals surface area contributed by atoms with E-state index in [1.54, 1.807) is 12.4 Å². The zero-order chi connectivity index (χ0) is 18.7. The van der Waals surface area contributed by atoms with E-state index in [4.69, 9.17) is 0 Å². The highest BCUT2D eigenvalue weighted by atomic mass is 14.9. The molecule has 0 aliphatic heterocycles. The second-order valence-electron chi connectivity index (χ2n) is 6.50. The summed E-state index contributed by atoms with van der Waals surface area (Å²) in [6.45, 7) is 18.1. The molecule has 1 aromatic rings. The van der Waals surface area contributed by atoms with Crippen LogP contribution in [0.15, 0.2) is 98.1 Å². The first kappa shape index (κ1) is 20.4. The minimum Gasteiger partial charge on any atom is -0.348 e. The molecule has 1 rings (SSSR count). The normalized spacial score (nSPS) is 14.8. The molecule has 0 aliphatic rings. The number of hydrogen-bond acceptors (Lipinski definition) is 1. The van der Waals surface area contributed by atoms with E-state index in [0.717, 1.165) is 12.1 Å². The fourth-order valence-electron chi connectivity index (χ4n) is 2.87. The second kappa shape index (κ2) is 10.3. The van der Waals surface area contributed by atoms with E-state index in [2.05, 4.69) is 61.8 Å². The van der Waals surface area contributed by atoms with Crippen LogP contribution in [0.1, 0.15) is 38.8 Å². The Bertz CT molecular complexity index is 680. The van der Waals surface area contributed by atoms with Crippen LogP contribution in [-0.2, 0) is 0 Å². The van der Waals surface area contributed by atoms with Gasteiger partial charge >= 0.3 is 0 Å². The number of hydrogen-bond donors (Lipinski definition) is 1. The standard InChI is InChI=1S/C23H30N2/c1-7-11-14-19(13-9-3)21(22-17-24-18-25-22)16-23(5,6)20(10-4)15-12-8-2/h7-15,17-18,21H,1,3-4,16H2,2,5-6H3,(H,24,25)/b12-8-,14-11-,19-13+,20-15+. The van der Waals surface area contributed by atoms with Gasteiger partial charge in [-0.05, 0) is 29.9 Å². The molecule has 1 aromatic heterocycles. The van der Waals surface area contributed by atoms with Crippen molar-refractivity contribution in [2.75, 3.05) is 0 Å². The highest BCUT2D eigenvalue weighted by Crippen LogP contribution is 2.41. The van der Waals surface area contributed by atoms with E-state index in [0.29, 0.717) is 0 Å². The summed E-state index contributed by atoms with van der Waals surface area (Å²) < 4.78 is 0. The van der Waals surface area contributed by atoms with Crippen LogP contribution < -0.4 is 0 Å². The van der Waals surface area contributed by atoms with Crippen LogP contribution >= 0.6 is 0 Å². The first-order chi connectivity index (χ1) is 12.0. The van der Waals surface area contributed by atoms with Gasteiger partial charge in [0.05, 0.1) is 6.33 Å². The summed E-state index contributed by atoms with van der Waals surface area (Å²) in [6.07, 6.45) is 22.4. The SMILES string of the molecule is C=C/C=C\C(=C/C=C)C(CC(C)(C)/C(C=C)=C/C=C\C)c1cnc[nH]1. The molecular weight excluding hydrogens is 304 g/mol. The number of H-pyrrole nitrogens is 1. The highest BCUT2D eigenvalue weighted by molar-refractivity contribution is 5.37. The molecule has 1 heterocycles. The molecule has 1 atom stereocenters. The molecule has 0 spiro atoms. The Morgan fingerprint density at radius 2 is 1.96 bits per heavy atom. The lowest BCUT2D eigenvalue weighted by molar-refractivity contribution is 0.391. The van der Waals surface area contributed by atoms with E-state index in [-0.39, 0.29) is 11.3 Å². The van der Waals surface area contributed by atoms with Crippen molar-refractivity contribution in [1.29, 1.82) is 0 Å². The van der Waals surface area contributed by atoms with Crippen molar-refractivity contribution in [3.05, 3.63) is 104 Å². The lowest BCUT2D eigenvalue weighted by atomic mass is 9.73. The number of nitrogens with one attached hydrogen (secondary N) is 1. The summed E-state index contributed by atoms with van der Waals surface area (Å²) in [7, 11) is 0. The van der Waals surface area contributed by atoms with Gasteiger partial charge in [-0.3, -0.25) is 0 Å². The maximum Gasteiger partial charge on any atom is 0.0921 e. The Kier molecular flexibility index (Phi) is 8.42. The largest absolute Gasteiger partial charge is 0.348 e. The summed E-state index contributed by atoms with van der Waals surface area (Å²) in [5.41, 5.74) is 3.41. The van der Waals surface area contributed by atoms with Crippen LogP contribution in [0.2, 0.25) is 0 Å². The Labute approximate surface area is 152 Å². The van der Waals surface area contributed by atoms with Crippen molar-refractivity contribution in [3.8, 4) is 0 Å². The van der Waals surface area contributed by atoms with Gasteiger partial charge in [0.1, 0.15) is 0 Å². The maximum absolute atomic E-state index is 4.21. The Balaban J connectivity index is 3.31. The fourth-order valence-corrected chi connectivity index (χ4v) is 2.87. The molecular formula is C23H30N2. The van der Waals surface area contributed by atoms with Gasteiger partial charge < -0.3 is 4.98 Å². The fraction of sp³-hybridized carbons (Fsp3) is 0.261. The number of aromatic nitrogens is 2. The number of aromatic amines is 1. The van der Waals surface area contributed by atoms with Crippen LogP contribution in [0.3, 0.4) is 0 Å². The minimum absolute atomic E-state index is 0.0562. The molecule has 1 N–H and O–H groups in total. The van der Waals surface area contributed by atoms with E-state index in [1.807, 2.05) is 43.5 Å². The molecule has 132 valence electrons. The van der Waals surface area contributed by atoms with Crippen LogP contribution in [0.4, 0.5) is 0 Å². The zero-order valence-electron chi connectivity index (χ0n) is 15.7. The molecule has 25 heavy (non-hydrogen) atoms. The third-order valence-electron chi connectivity index (χ3n) is 4.22. The molecule has 0 saturated heterocycles. The average molecular weight is 335 g/mol. The summed E-state index contributed by atoms with van der Waals surface area (Å²) >= 11 is 0. The van der Waals surface area contributed by atoms with Crippen molar-refractivity contribution < 1.29 is 0 Å². The monoisotopic (exact) mass is 334 g/mol. The Morgan fingerprint density at radius 1 is 1.20 bits per heavy atom. The van der Waals surface area contributed by atoms with Gasteiger partial charge in [-0.2, -0.15) is 0 Å². The molecule has 0 aliphatic carbocycles. The van der Waals surface area contributed by atoms with E-state index < -0.39 is 0 Å². The summed E-state index contributed by atoms with van der Waals surface area (Å²) in [5.74, 6) is 0.167. The van der Waals surface area contributed by atoms with Crippen molar-refractivity contribution in [3.63, 3.8) is 0 Å². The van der Waals surface area contributed by atoms with Gasteiger partial charge in [0.15, 0.2) is 0 Å². The third kappa shape index (κ3) is 6.07. The summed E-state index contributed by atoms with van der Waals surface area (Å²) in [4.78, 5) is 7.48. The van der Waals surface area contributed by atoms with E-state index in [9.17, 15) is 0 Å². The van der Waals surface area contributed by atoms with Gasteiger partial charge in [-0.1, -0.05) is 88.3 Å². The Morgan fingerprint density at radius 3 is 2.48 bits per heavy atom. The molecule has 1 unspecified atom stereocenters. The van der Waals surface area contributed by atoms with Gasteiger partial charge in [-0.15, -0.1) is 0 Å². The quantitative estimate of drug-likeness (QED) is 0.489. The highest BCUT2D eigenvalue weighted by Gasteiger charge is 2.28. The number of nitrogens with zero attached hydrogens (tertiary/aromatic N) is 1. The number of rotatable bonds is 10. The summed E-state index contributed by atoms with van der Waals surface area (Å²) in [5, 5.41) is 0. The van der Waals surface area contributed by atoms with Crippen molar-refractivity contribution in [1.82, 2.24) is 9.97 Å². The Hall–Kier alpha value is -2.61. The number of allylic oxidation sites excluding steroid dienone is 11. The van der Waals surface area contributed by atoms with Gasteiger partial charge in [0.2, 0.25) is 0 Å². The first-order valence-corrected chi connectivity index (χ1v) is 8.56. The zero-order valence-corrected chi connectivity index (χ0v) is 15.7. The van der Waals surface area contributed by atoms with E-state index >= 15 is 0 Å². The topological polar surface area (TPSA) is 28.7 Å². The third-order valence-corrected chi connectivity index (χ3v) is 4.22. The molecule has 0 fully saturated rings. The number of imidazole rings is 1. The first-order valence-electron chi connectivity index (χ1n) is 8.56.